The molecular weight excluding hydrogens is 334 g/mol. The van der Waals surface area contributed by atoms with Crippen molar-refractivity contribution >= 4 is 27.3 Å². The molecule has 0 aliphatic rings. The van der Waals surface area contributed by atoms with Crippen LogP contribution in [0.25, 0.3) is 0 Å². The average molecular weight is 354 g/mol. The number of hydrogen-bond acceptors (Lipinski definition) is 3. The van der Waals surface area contributed by atoms with Gasteiger partial charge in [-0.3, -0.25) is 0 Å². The molecule has 2 aromatic rings. The van der Waals surface area contributed by atoms with Crippen LogP contribution in [0.5, 0.6) is 5.75 Å². The fourth-order valence-corrected chi connectivity index (χ4v) is 3.83. The van der Waals surface area contributed by atoms with Crippen molar-refractivity contribution in [1.29, 1.82) is 0 Å². The average Bonchev–Trinajstić information content (AvgIpc) is 2.82. The highest BCUT2D eigenvalue weighted by molar-refractivity contribution is 9.10. The van der Waals surface area contributed by atoms with E-state index >= 15 is 0 Å². The summed E-state index contributed by atoms with van der Waals surface area (Å²) in [4.78, 5) is 1.28. The Balaban J connectivity index is 2.42. The first-order chi connectivity index (χ1) is 9.63. The molecule has 1 aromatic heterocycles. The molecule has 0 radical (unpaired) electrons. The van der Waals surface area contributed by atoms with E-state index in [4.69, 9.17) is 4.74 Å². The molecule has 108 valence electrons. The zero-order chi connectivity index (χ0) is 14.5. The number of halogens is 1. The molecule has 20 heavy (non-hydrogen) atoms. The first-order valence-electron chi connectivity index (χ1n) is 6.85. The molecule has 0 saturated carbocycles. The van der Waals surface area contributed by atoms with Crippen molar-refractivity contribution < 1.29 is 4.74 Å². The van der Waals surface area contributed by atoms with Crippen molar-refractivity contribution in [1.82, 2.24) is 5.32 Å². The van der Waals surface area contributed by atoms with Crippen LogP contribution < -0.4 is 10.1 Å². The van der Waals surface area contributed by atoms with Crippen molar-refractivity contribution in [2.75, 3.05) is 6.54 Å². The summed E-state index contributed by atoms with van der Waals surface area (Å²) in [6.07, 6.45) is 0.171. The molecule has 2 nitrogen and oxygen atoms in total. The highest BCUT2D eigenvalue weighted by Gasteiger charge is 2.21. The standard InChI is InChI=1S/C16H20BrNOS/c1-4-18-15(16-13(17)9-10-20-16)12-7-5-6-8-14(12)19-11(2)3/h5-11,15,18H,4H2,1-3H3. The third kappa shape index (κ3) is 3.62. The Labute approximate surface area is 133 Å². The third-order valence-corrected chi connectivity index (χ3v) is 4.84. The molecule has 0 fully saturated rings. The Morgan fingerprint density at radius 1 is 1.25 bits per heavy atom. The summed E-state index contributed by atoms with van der Waals surface area (Å²) in [6.45, 7) is 7.14. The second-order valence-corrected chi connectivity index (χ2v) is 6.63. The van der Waals surface area contributed by atoms with Gasteiger partial charge in [-0.1, -0.05) is 25.1 Å². The largest absolute Gasteiger partial charge is 0.491 e. The van der Waals surface area contributed by atoms with Crippen molar-refractivity contribution in [2.45, 2.75) is 32.9 Å². The predicted octanol–water partition coefficient (Wildman–Crippen LogP) is 5.00. The molecule has 2 rings (SSSR count). The Morgan fingerprint density at radius 2 is 2.00 bits per heavy atom. The summed E-state index contributed by atoms with van der Waals surface area (Å²) in [6, 6.07) is 10.5. The monoisotopic (exact) mass is 353 g/mol. The minimum atomic E-state index is 0.157. The molecule has 1 aromatic carbocycles. The van der Waals surface area contributed by atoms with Crippen molar-refractivity contribution in [3.63, 3.8) is 0 Å². The van der Waals surface area contributed by atoms with E-state index in [1.807, 2.05) is 12.1 Å². The maximum atomic E-state index is 5.96. The molecule has 0 spiro atoms. The highest BCUT2D eigenvalue weighted by atomic mass is 79.9. The lowest BCUT2D eigenvalue weighted by atomic mass is 10.0. The smallest absolute Gasteiger partial charge is 0.124 e. The van der Waals surface area contributed by atoms with Crippen molar-refractivity contribution in [3.8, 4) is 5.75 Å². The molecular formula is C16H20BrNOS. The summed E-state index contributed by atoms with van der Waals surface area (Å²) >= 11 is 5.39. The molecule has 0 aliphatic carbocycles. The summed E-state index contributed by atoms with van der Waals surface area (Å²) in [5.41, 5.74) is 1.19. The molecule has 0 aliphatic heterocycles. The van der Waals surface area contributed by atoms with E-state index in [2.05, 4.69) is 65.6 Å². The third-order valence-electron chi connectivity index (χ3n) is 2.91. The van der Waals surface area contributed by atoms with Crippen molar-refractivity contribution in [2.24, 2.45) is 0 Å². The first-order valence-corrected chi connectivity index (χ1v) is 8.52. The zero-order valence-electron chi connectivity index (χ0n) is 12.0. The van der Waals surface area contributed by atoms with Crippen LogP contribution in [-0.2, 0) is 0 Å². The minimum Gasteiger partial charge on any atom is -0.491 e. The predicted molar refractivity (Wildman–Crippen MR) is 89.7 cm³/mol. The summed E-state index contributed by atoms with van der Waals surface area (Å²) in [5.74, 6) is 0.953. The molecule has 0 bridgehead atoms. The van der Waals surface area contributed by atoms with Crippen LogP contribution in [0.3, 0.4) is 0 Å². The van der Waals surface area contributed by atoms with Gasteiger partial charge < -0.3 is 10.1 Å². The van der Waals surface area contributed by atoms with E-state index < -0.39 is 0 Å². The van der Waals surface area contributed by atoms with Crippen LogP contribution >= 0.6 is 27.3 Å². The molecule has 1 atom stereocenters. The van der Waals surface area contributed by atoms with E-state index in [1.54, 1.807) is 11.3 Å². The normalized spacial score (nSPS) is 12.7. The number of para-hydroxylation sites is 1. The first kappa shape index (κ1) is 15.5. The van der Waals surface area contributed by atoms with E-state index in [0.717, 1.165) is 16.8 Å². The van der Waals surface area contributed by atoms with Crippen LogP contribution in [0, 0.1) is 0 Å². The number of rotatable bonds is 6. The van der Waals surface area contributed by atoms with Crippen LogP contribution in [0.4, 0.5) is 0 Å². The Hall–Kier alpha value is -0.840. The van der Waals surface area contributed by atoms with Gasteiger partial charge in [0, 0.05) is 14.9 Å². The number of thiophene rings is 1. The van der Waals surface area contributed by atoms with E-state index in [9.17, 15) is 0 Å². The second kappa shape index (κ2) is 7.25. The van der Waals surface area contributed by atoms with E-state index in [1.165, 1.54) is 10.4 Å². The van der Waals surface area contributed by atoms with Gasteiger partial charge in [0.15, 0.2) is 0 Å². The Bertz CT molecular complexity index is 553. The Kier molecular flexibility index (Phi) is 5.64. The van der Waals surface area contributed by atoms with Gasteiger partial charge in [0.25, 0.3) is 0 Å². The zero-order valence-corrected chi connectivity index (χ0v) is 14.4. The number of nitrogens with one attached hydrogen (secondary N) is 1. The molecule has 1 heterocycles. The number of ether oxygens (including phenoxy) is 1. The van der Waals surface area contributed by atoms with Crippen LogP contribution in [0.2, 0.25) is 0 Å². The second-order valence-electron chi connectivity index (χ2n) is 4.83. The maximum Gasteiger partial charge on any atom is 0.124 e. The van der Waals surface area contributed by atoms with Gasteiger partial charge in [-0.15, -0.1) is 11.3 Å². The molecule has 1 unspecified atom stereocenters. The van der Waals surface area contributed by atoms with Gasteiger partial charge in [0.2, 0.25) is 0 Å². The SMILES string of the molecule is CCNC(c1ccccc1OC(C)C)c1sccc1Br. The van der Waals surface area contributed by atoms with Gasteiger partial charge in [0.1, 0.15) is 5.75 Å². The molecule has 4 heteroatoms. The molecule has 1 N–H and O–H groups in total. The quantitative estimate of drug-likeness (QED) is 0.789. The van der Waals surface area contributed by atoms with Gasteiger partial charge in [-0.2, -0.15) is 0 Å². The molecule has 0 saturated heterocycles. The Morgan fingerprint density at radius 3 is 2.60 bits per heavy atom. The van der Waals surface area contributed by atoms with Gasteiger partial charge >= 0.3 is 0 Å². The number of benzene rings is 1. The van der Waals surface area contributed by atoms with E-state index in [0.29, 0.717) is 0 Å². The maximum absolute atomic E-state index is 5.96. The van der Waals surface area contributed by atoms with Crippen LogP contribution in [0.15, 0.2) is 40.2 Å². The van der Waals surface area contributed by atoms with Gasteiger partial charge in [0.05, 0.1) is 12.1 Å². The van der Waals surface area contributed by atoms with E-state index in [-0.39, 0.29) is 12.1 Å². The van der Waals surface area contributed by atoms with Crippen LogP contribution in [-0.4, -0.2) is 12.6 Å². The number of hydrogen-bond donors (Lipinski definition) is 1. The minimum absolute atomic E-state index is 0.157. The fraction of sp³-hybridized carbons (Fsp3) is 0.375. The van der Waals surface area contributed by atoms with Crippen LogP contribution in [0.1, 0.15) is 37.3 Å². The van der Waals surface area contributed by atoms with Crippen molar-refractivity contribution in [3.05, 3.63) is 50.6 Å². The highest BCUT2D eigenvalue weighted by Crippen LogP contribution is 2.37. The van der Waals surface area contributed by atoms with Gasteiger partial charge in [-0.25, -0.2) is 0 Å². The summed E-state index contributed by atoms with van der Waals surface area (Å²) < 4.78 is 7.11. The lowest BCUT2D eigenvalue weighted by Crippen LogP contribution is -2.22. The lowest BCUT2D eigenvalue weighted by molar-refractivity contribution is 0.238. The molecule has 0 amide bonds. The summed E-state index contributed by atoms with van der Waals surface area (Å²) in [5, 5.41) is 5.66. The topological polar surface area (TPSA) is 21.3 Å². The fourth-order valence-electron chi connectivity index (χ4n) is 2.14. The lowest BCUT2D eigenvalue weighted by Gasteiger charge is -2.22. The summed E-state index contributed by atoms with van der Waals surface area (Å²) in [7, 11) is 0. The van der Waals surface area contributed by atoms with Gasteiger partial charge in [-0.05, 0) is 53.8 Å².